The van der Waals surface area contributed by atoms with Gasteiger partial charge in [0.2, 0.25) is 0 Å². The lowest BCUT2D eigenvalue weighted by molar-refractivity contribution is 0.768. The molecule has 6 heteroatoms. The minimum atomic E-state index is -0.726. The van der Waals surface area contributed by atoms with Crippen LogP contribution in [0.3, 0.4) is 0 Å². The first-order valence-corrected chi connectivity index (χ1v) is 27.6. The molecule has 0 fully saturated rings. The van der Waals surface area contributed by atoms with E-state index in [0.29, 0.717) is 0 Å². The van der Waals surface area contributed by atoms with Crippen molar-refractivity contribution >= 4 is 45.4 Å². The number of benzene rings is 10. The summed E-state index contributed by atoms with van der Waals surface area (Å²) in [6.45, 7) is 0. The summed E-state index contributed by atoms with van der Waals surface area (Å²) in [6, 6.07) is 109. The SMILES string of the molecule is c1ccc(-c2c(-c3cccc(N(c4ccccc4)c4ccc5c(c4)C(c4ccccc4)(c4ccccc4)c4cc(N(c6ccccc6)c6cccc(-c7nc8ccccn8c7-c7ccccc7)c6)ccc4-5)c3)nc3ccccn23)cc1. The number of aromatic nitrogens is 4. The normalized spacial score (nSPS) is 12.3. The monoisotopic (exact) mass is 1040 g/mol. The largest absolute Gasteiger partial charge is 0.310 e. The average molecular weight is 1040 g/mol. The van der Waals surface area contributed by atoms with Gasteiger partial charge in [-0.3, -0.25) is 8.80 Å². The fraction of sp³-hybridized carbons (Fsp3) is 0.0133. The molecule has 1 aliphatic rings. The first-order valence-electron chi connectivity index (χ1n) is 27.6. The lowest BCUT2D eigenvalue weighted by Crippen LogP contribution is -2.29. The molecule has 81 heavy (non-hydrogen) atoms. The van der Waals surface area contributed by atoms with E-state index >= 15 is 0 Å². The molecule has 4 aromatic heterocycles. The maximum Gasteiger partial charge on any atom is 0.137 e. The first kappa shape index (κ1) is 47.4. The second-order valence-electron chi connectivity index (χ2n) is 20.6. The highest BCUT2D eigenvalue weighted by Gasteiger charge is 2.47. The smallest absolute Gasteiger partial charge is 0.137 e. The minimum absolute atomic E-state index is 0.726. The van der Waals surface area contributed by atoms with Gasteiger partial charge in [0.1, 0.15) is 11.3 Å². The molecule has 0 N–H and O–H groups in total. The molecule has 1 aliphatic carbocycles. The van der Waals surface area contributed by atoms with Crippen molar-refractivity contribution in [2.24, 2.45) is 0 Å². The van der Waals surface area contributed by atoms with Crippen LogP contribution in [0.15, 0.2) is 316 Å². The zero-order valence-corrected chi connectivity index (χ0v) is 44.2. The number of rotatable bonds is 12. The van der Waals surface area contributed by atoms with Crippen LogP contribution in [0.4, 0.5) is 34.1 Å². The second kappa shape index (κ2) is 19.9. The number of para-hydroxylation sites is 2. The minimum Gasteiger partial charge on any atom is -0.310 e. The van der Waals surface area contributed by atoms with Gasteiger partial charge in [-0.1, -0.05) is 206 Å². The van der Waals surface area contributed by atoms with E-state index in [1.165, 1.54) is 33.4 Å². The standard InChI is InChI=1S/C75H52N6/c1-7-25-53(26-8-1)73-71(76-69-41-19-21-47-78(69)73)55-29-23-39-61(49-55)80(59-35-15-5-16-36-59)63-43-45-65-66-46-44-64(52-68(66)75(67(65)51-63,57-31-11-3-12-32-57)58-33-13-4-14-34-58)81(60-37-17-6-18-38-60)62-40-24-30-56(50-62)72-74(54-27-9-2-10-28-54)79-48-22-20-42-70(79)77-72/h1-52H. The van der Waals surface area contributed by atoms with Crippen molar-refractivity contribution in [2.45, 2.75) is 5.41 Å². The molecule has 0 radical (unpaired) electrons. The van der Waals surface area contributed by atoms with Crippen LogP contribution >= 0.6 is 0 Å². The summed E-state index contributed by atoms with van der Waals surface area (Å²) < 4.78 is 4.40. The Morgan fingerprint density at radius 1 is 0.272 bits per heavy atom. The first-order chi connectivity index (χ1) is 40.2. The van der Waals surface area contributed by atoms with Crippen molar-refractivity contribution in [2.75, 3.05) is 9.80 Å². The van der Waals surface area contributed by atoms with Crippen molar-refractivity contribution in [3.63, 3.8) is 0 Å². The Morgan fingerprint density at radius 3 is 1.01 bits per heavy atom. The summed E-state index contributed by atoms with van der Waals surface area (Å²) in [7, 11) is 0. The molecule has 6 nitrogen and oxygen atoms in total. The molecular weight excluding hydrogens is 985 g/mol. The van der Waals surface area contributed by atoms with Crippen LogP contribution in [0.25, 0.3) is 67.5 Å². The molecule has 382 valence electrons. The van der Waals surface area contributed by atoms with Gasteiger partial charge in [-0.25, -0.2) is 9.97 Å². The molecule has 4 heterocycles. The molecule has 0 saturated heterocycles. The molecule has 0 aliphatic heterocycles. The number of imidazole rings is 2. The molecule has 0 saturated carbocycles. The molecule has 0 atom stereocenters. The van der Waals surface area contributed by atoms with Gasteiger partial charge in [0.25, 0.3) is 0 Å². The highest BCUT2D eigenvalue weighted by Crippen LogP contribution is 2.59. The highest BCUT2D eigenvalue weighted by atomic mass is 15.2. The van der Waals surface area contributed by atoms with Crippen LogP contribution in [0, 0.1) is 0 Å². The van der Waals surface area contributed by atoms with E-state index in [0.717, 1.165) is 90.4 Å². The third-order valence-electron chi connectivity index (χ3n) is 16.0. The number of anilines is 6. The lowest BCUT2D eigenvalue weighted by atomic mass is 9.67. The van der Waals surface area contributed by atoms with E-state index in [2.05, 4.69) is 334 Å². The van der Waals surface area contributed by atoms with Gasteiger partial charge in [0, 0.05) is 68.8 Å². The predicted octanol–water partition coefficient (Wildman–Crippen LogP) is 19.0. The van der Waals surface area contributed by atoms with E-state index in [-0.39, 0.29) is 0 Å². The quantitative estimate of drug-likeness (QED) is 0.122. The summed E-state index contributed by atoms with van der Waals surface area (Å²) in [5, 5.41) is 0. The van der Waals surface area contributed by atoms with Crippen LogP contribution in [-0.4, -0.2) is 18.8 Å². The summed E-state index contributed by atoms with van der Waals surface area (Å²) >= 11 is 0. The Hall–Kier alpha value is -10.8. The summed E-state index contributed by atoms with van der Waals surface area (Å²) in [4.78, 5) is 15.4. The van der Waals surface area contributed by atoms with E-state index in [1.807, 2.05) is 0 Å². The third kappa shape index (κ3) is 8.03. The molecule has 0 spiro atoms. The Labute approximate surface area is 471 Å². The van der Waals surface area contributed by atoms with Gasteiger partial charge in [-0.2, -0.15) is 0 Å². The van der Waals surface area contributed by atoms with Gasteiger partial charge >= 0.3 is 0 Å². The van der Waals surface area contributed by atoms with Gasteiger partial charge in [-0.15, -0.1) is 0 Å². The number of nitrogens with zero attached hydrogens (tertiary/aromatic N) is 6. The van der Waals surface area contributed by atoms with Gasteiger partial charge < -0.3 is 9.80 Å². The second-order valence-corrected chi connectivity index (χ2v) is 20.6. The number of pyridine rings is 2. The molecule has 15 rings (SSSR count). The number of hydrogen-bond acceptors (Lipinski definition) is 4. The molecule has 10 aromatic carbocycles. The Morgan fingerprint density at radius 2 is 0.605 bits per heavy atom. The topological polar surface area (TPSA) is 41.1 Å². The van der Waals surface area contributed by atoms with Crippen molar-refractivity contribution in [1.29, 1.82) is 0 Å². The fourth-order valence-corrected chi connectivity index (χ4v) is 12.5. The predicted molar refractivity (Wildman–Crippen MR) is 332 cm³/mol. The fourth-order valence-electron chi connectivity index (χ4n) is 12.5. The van der Waals surface area contributed by atoms with Crippen LogP contribution in [-0.2, 0) is 5.41 Å². The third-order valence-corrected chi connectivity index (χ3v) is 16.0. The van der Waals surface area contributed by atoms with Crippen LogP contribution in [0.2, 0.25) is 0 Å². The van der Waals surface area contributed by atoms with E-state index in [9.17, 15) is 0 Å². The summed E-state index contributed by atoms with van der Waals surface area (Å²) in [5.41, 5.74) is 22.8. The van der Waals surface area contributed by atoms with Crippen molar-refractivity contribution in [3.8, 4) is 56.2 Å². The van der Waals surface area contributed by atoms with Crippen LogP contribution < -0.4 is 9.80 Å². The summed E-state index contributed by atoms with van der Waals surface area (Å²) in [6.07, 6.45) is 4.21. The average Bonchev–Trinajstić information content (AvgIpc) is 4.28. The molecular formula is C75H52N6. The van der Waals surface area contributed by atoms with Crippen molar-refractivity contribution in [3.05, 3.63) is 338 Å². The van der Waals surface area contributed by atoms with Crippen LogP contribution in [0.5, 0.6) is 0 Å². The highest BCUT2D eigenvalue weighted by molar-refractivity contribution is 5.93. The van der Waals surface area contributed by atoms with E-state index in [1.54, 1.807) is 0 Å². The Balaban J connectivity index is 0.918. The van der Waals surface area contributed by atoms with E-state index < -0.39 is 5.41 Å². The molecule has 0 unspecified atom stereocenters. The van der Waals surface area contributed by atoms with Crippen molar-refractivity contribution in [1.82, 2.24) is 18.8 Å². The Bertz CT molecular complexity index is 4280. The summed E-state index contributed by atoms with van der Waals surface area (Å²) in [5.74, 6) is 0. The number of hydrogen-bond donors (Lipinski definition) is 0. The van der Waals surface area contributed by atoms with Gasteiger partial charge in [0.05, 0.1) is 28.2 Å². The van der Waals surface area contributed by atoms with Gasteiger partial charge in [-0.05, 0) is 130 Å². The maximum atomic E-state index is 5.30. The molecule has 0 amide bonds. The van der Waals surface area contributed by atoms with E-state index in [4.69, 9.17) is 9.97 Å². The zero-order chi connectivity index (χ0) is 53.7. The Kier molecular flexibility index (Phi) is 11.6. The van der Waals surface area contributed by atoms with Crippen molar-refractivity contribution < 1.29 is 0 Å². The van der Waals surface area contributed by atoms with Crippen LogP contribution in [0.1, 0.15) is 22.3 Å². The molecule has 14 aromatic rings. The maximum absolute atomic E-state index is 5.30. The molecule has 0 bridgehead atoms. The van der Waals surface area contributed by atoms with Gasteiger partial charge in [0.15, 0.2) is 0 Å². The lowest BCUT2D eigenvalue weighted by Gasteiger charge is -2.35. The number of fused-ring (bicyclic) bond motifs is 5. The zero-order valence-electron chi connectivity index (χ0n) is 44.2.